The second-order valence-electron chi connectivity index (χ2n) is 7.33. The molecule has 0 heterocycles. The lowest BCUT2D eigenvalue weighted by Gasteiger charge is -2.18. The van der Waals surface area contributed by atoms with Gasteiger partial charge in [-0.15, -0.1) is 24.0 Å². The maximum atomic E-state index is 13.7. The number of rotatable bonds is 10. The van der Waals surface area contributed by atoms with Gasteiger partial charge in [-0.05, 0) is 42.8 Å². The average molecular weight is 562 g/mol. The highest BCUT2D eigenvalue weighted by Gasteiger charge is 2.11. The number of guanidine groups is 1. The highest BCUT2D eigenvalue weighted by molar-refractivity contribution is 14.0. The van der Waals surface area contributed by atoms with Gasteiger partial charge in [0.25, 0.3) is 0 Å². The van der Waals surface area contributed by atoms with Gasteiger partial charge in [-0.3, -0.25) is 0 Å². The Morgan fingerprint density at radius 3 is 2.45 bits per heavy atom. The minimum atomic E-state index is -3.22. The van der Waals surface area contributed by atoms with Crippen LogP contribution in [0.5, 0.6) is 0 Å². The molecule has 0 saturated heterocycles. The summed E-state index contributed by atoms with van der Waals surface area (Å²) in [5.41, 5.74) is 2.39. The topological polar surface area (TPSA) is 73.8 Å². The maximum absolute atomic E-state index is 13.7. The fourth-order valence-corrected chi connectivity index (χ4v) is 3.86. The summed E-state index contributed by atoms with van der Waals surface area (Å²) in [7, 11) is -1.16. The molecule has 0 radical (unpaired) electrons. The summed E-state index contributed by atoms with van der Waals surface area (Å²) in [5, 5.41) is 6.44. The average Bonchev–Trinajstić information content (AvgIpc) is 2.67. The summed E-state index contributed by atoms with van der Waals surface area (Å²) in [6, 6.07) is 14.4. The van der Waals surface area contributed by atoms with Gasteiger partial charge in [-0.2, -0.15) is 0 Å². The van der Waals surface area contributed by atoms with Crippen molar-refractivity contribution in [3.8, 4) is 0 Å². The zero-order valence-electron chi connectivity index (χ0n) is 18.3. The molecule has 0 aliphatic heterocycles. The summed E-state index contributed by atoms with van der Waals surface area (Å²) in [6.07, 6.45) is 1.17. The van der Waals surface area contributed by atoms with Crippen molar-refractivity contribution < 1.29 is 12.8 Å². The Balaban J connectivity index is 0.00000480. The van der Waals surface area contributed by atoms with Crippen LogP contribution >= 0.6 is 24.0 Å². The van der Waals surface area contributed by atoms with Crippen molar-refractivity contribution in [2.24, 2.45) is 4.99 Å². The van der Waals surface area contributed by atoms with Gasteiger partial charge in [-0.25, -0.2) is 17.8 Å². The molecule has 0 spiro atoms. The van der Waals surface area contributed by atoms with Crippen LogP contribution in [0.4, 0.5) is 4.39 Å². The first kappa shape index (κ1) is 27.3. The number of nitrogens with one attached hydrogen (secondary N) is 2. The van der Waals surface area contributed by atoms with Gasteiger partial charge in [0, 0.05) is 32.4 Å². The van der Waals surface area contributed by atoms with Crippen LogP contribution < -0.4 is 10.6 Å². The van der Waals surface area contributed by atoms with Gasteiger partial charge in [-0.1, -0.05) is 36.4 Å². The van der Waals surface area contributed by atoms with Crippen molar-refractivity contribution >= 4 is 39.8 Å². The number of aliphatic imine (C=N–C) groups is 1. The summed E-state index contributed by atoms with van der Waals surface area (Å²) < 4.78 is 37.0. The first-order valence-electron chi connectivity index (χ1n) is 9.96. The molecule has 0 aliphatic carbocycles. The van der Waals surface area contributed by atoms with Gasteiger partial charge < -0.3 is 15.5 Å². The largest absolute Gasteiger partial charge is 0.357 e. The first-order chi connectivity index (χ1) is 14.3. The number of hydrogen-bond acceptors (Lipinski definition) is 4. The second-order valence-corrected chi connectivity index (χ2v) is 9.47. The van der Waals surface area contributed by atoms with Crippen LogP contribution in [-0.4, -0.2) is 52.2 Å². The zero-order valence-corrected chi connectivity index (χ0v) is 21.4. The molecule has 2 aromatic rings. The molecule has 2 rings (SSSR count). The molecule has 0 aromatic heterocycles. The van der Waals surface area contributed by atoms with Crippen LogP contribution in [0, 0.1) is 5.82 Å². The van der Waals surface area contributed by atoms with Crippen molar-refractivity contribution in [1.82, 2.24) is 15.5 Å². The van der Waals surface area contributed by atoms with Crippen LogP contribution in [0.1, 0.15) is 23.6 Å². The van der Waals surface area contributed by atoms with E-state index in [0.717, 1.165) is 13.1 Å². The number of sulfone groups is 1. The Hall–Kier alpha value is -1.72. The lowest BCUT2D eigenvalue weighted by atomic mass is 10.1. The Morgan fingerprint density at radius 2 is 1.81 bits per heavy atom. The third kappa shape index (κ3) is 10.9. The molecule has 172 valence electrons. The summed E-state index contributed by atoms with van der Waals surface area (Å²) in [4.78, 5) is 6.72. The van der Waals surface area contributed by atoms with Crippen molar-refractivity contribution in [2.45, 2.75) is 25.8 Å². The molecule has 2 N–H and O–H groups in total. The number of hydrogen-bond donors (Lipinski definition) is 2. The Morgan fingerprint density at radius 1 is 1.10 bits per heavy atom. The van der Waals surface area contributed by atoms with Crippen LogP contribution in [0.25, 0.3) is 0 Å². The van der Waals surface area contributed by atoms with E-state index in [2.05, 4.69) is 39.7 Å². The second kappa shape index (κ2) is 13.6. The normalized spacial score (nSPS) is 11.8. The number of benzene rings is 2. The molecule has 6 nitrogen and oxygen atoms in total. The molecule has 0 atom stereocenters. The molecule has 0 amide bonds. The minimum absolute atomic E-state index is 0. The van der Waals surface area contributed by atoms with E-state index in [1.165, 1.54) is 30.0 Å². The van der Waals surface area contributed by atoms with Crippen LogP contribution in [0.2, 0.25) is 0 Å². The molecule has 0 fully saturated rings. The van der Waals surface area contributed by atoms with Gasteiger partial charge in [0.2, 0.25) is 0 Å². The summed E-state index contributed by atoms with van der Waals surface area (Å²) >= 11 is 0. The minimum Gasteiger partial charge on any atom is -0.357 e. The van der Waals surface area contributed by atoms with Crippen LogP contribution in [0.3, 0.4) is 0 Å². The van der Waals surface area contributed by atoms with E-state index < -0.39 is 15.7 Å². The highest BCUT2D eigenvalue weighted by atomic mass is 127. The van der Waals surface area contributed by atoms with Gasteiger partial charge in [0.15, 0.2) is 15.8 Å². The summed E-state index contributed by atoms with van der Waals surface area (Å²) in [5.74, 6) is 0.0740. The predicted octanol–water partition coefficient (Wildman–Crippen LogP) is 3.18. The zero-order chi connectivity index (χ0) is 22.0. The standard InChI is InChI=1S/C22H31FN4O2S.HI/c1-4-24-22(25-12-13-27(2)16-18-8-6-5-7-9-18)26-15-20-14-21(23)11-10-19(20)17-30(3,28)29;/h5-11,14H,4,12-13,15-17H2,1-3H3,(H2,24,25,26);1H. The van der Waals surface area contributed by atoms with Crippen molar-refractivity contribution in [3.63, 3.8) is 0 Å². The first-order valence-corrected chi connectivity index (χ1v) is 12.0. The number of likely N-dealkylation sites (N-methyl/N-ethyl adjacent to an activating group) is 1. The smallest absolute Gasteiger partial charge is 0.191 e. The maximum Gasteiger partial charge on any atom is 0.191 e. The van der Waals surface area contributed by atoms with Crippen molar-refractivity contribution in [3.05, 3.63) is 71.0 Å². The molecule has 0 unspecified atom stereocenters. The Bertz CT molecular complexity index is 940. The van der Waals surface area contributed by atoms with E-state index in [4.69, 9.17) is 0 Å². The van der Waals surface area contributed by atoms with E-state index in [0.29, 0.717) is 30.2 Å². The molecular weight excluding hydrogens is 530 g/mol. The number of nitrogens with zero attached hydrogens (tertiary/aromatic N) is 2. The fourth-order valence-electron chi connectivity index (χ4n) is 3.01. The predicted molar refractivity (Wildman–Crippen MR) is 136 cm³/mol. The number of halogens is 2. The monoisotopic (exact) mass is 562 g/mol. The highest BCUT2D eigenvalue weighted by Crippen LogP contribution is 2.15. The van der Waals surface area contributed by atoms with E-state index in [9.17, 15) is 12.8 Å². The van der Waals surface area contributed by atoms with E-state index >= 15 is 0 Å². The van der Waals surface area contributed by atoms with Gasteiger partial charge in [0.05, 0.1) is 12.3 Å². The third-order valence-electron chi connectivity index (χ3n) is 4.42. The molecular formula is C22H32FIN4O2S. The molecule has 31 heavy (non-hydrogen) atoms. The van der Waals surface area contributed by atoms with Gasteiger partial charge >= 0.3 is 0 Å². The van der Waals surface area contributed by atoms with Crippen molar-refractivity contribution in [1.29, 1.82) is 0 Å². The molecule has 0 bridgehead atoms. The molecule has 0 aliphatic rings. The van der Waals surface area contributed by atoms with E-state index in [1.54, 1.807) is 0 Å². The van der Waals surface area contributed by atoms with E-state index in [-0.39, 0.29) is 36.3 Å². The summed E-state index contributed by atoms with van der Waals surface area (Å²) in [6.45, 7) is 5.21. The SMILES string of the molecule is CCNC(=NCc1cc(F)ccc1CS(C)(=O)=O)NCCN(C)Cc1ccccc1.I. The third-order valence-corrected chi connectivity index (χ3v) is 5.25. The van der Waals surface area contributed by atoms with Crippen LogP contribution in [-0.2, 0) is 28.7 Å². The Kier molecular flexibility index (Phi) is 12.0. The fraction of sp³-hybridized carbons (Fsp3) is 0.409. The molecule has 9 heteroatoms. The molecule has 2 aromatic carbocycles. The quantitative estimate of drug-likeness (QED) is 0.265. The Labute approximate surface area is 202 Å². The lowest BCUT2D eigenvalue weighted by Crippen LogP contribution is -2.40. The van der Waals surface area contributed by atoms with Gasteiger partial charge in [0.1, 0.15) is 5.82 Å². The van der Waals surface area contributed by atoms with Crippen molar-refractivity contribution in [2.75, 3.05) is 32.9 Å². The van der Waals surface area contributed by atoms with Crippen LogP contribution in [0.15, 0.2) is 53.5 Å². The van der Waals surface area contributed by atoms with E-state index in [1.807, 2.05) is 25.1 Å². The molecule has 0 saturated carbocycles. The lowest BCUT2D eigenvalue weighted by molar-refractivity contribution is 0.331.